The van der Waals surface area contributed by atoms with Gasteiger partial charge in [0.15, 0.2) is 17.3 Å². The second kappa shape index (κ2) is 10.5. The Kier molecular flexibility index (Phi) is 7.12. The quantitative estimate of drug-likeness (QED) is 0.198. The number of nitrogens with zero attached hydrogens (tertiary/aromatic N) is 2. The van der Waals surface area contributed by atoms with Crippen molar-refractivity contribution >= 4 is 34.6 Å². The number of aliphatic carboxylic acids is 1. The van der Waals surface area contributed by atoms with Crippen LogP contribution in [0.4, 0.5) is 44.7 Å². The number of fused-ring (bicyclic) bond motifs is 2. The fraction of sp³-hybridized carbons (Fsp3) is 0.259. The van der Waals surface area contributed by atoms with Crippen LogP contribution in [0.5, 0.6) is 11.5 Å². The fourth-order valence-corrected chi connectivity index (χ4v) is 5.02. The van der Waals surface area contributed by atoms with Gasteiger partial charge in [0.25, 0.3) is 5.69 Å². The van der Waals surface area contributed by atoms with Crippen molar-refractivity contribution < 1.29 is 51.0 Å². The third-order valence-electron chi connectivity index (χ3n) is 7.18. The van der Waals surface area contributed by atoms with Gasteiger partial charge in [0.1, 0.15) is 18.1 Å². The summed E-state index contributed by atoms with van der Waals surface area (Å²) < 4.78 is 81.1. The summed E-state index contributed by atoms with van der Waals surface area (Å²) in [6, 6.07) is 7.80. The van der Waals surface area contributed by atoms with Crippen LogP contribution >= 0.6 is 0 Å². The monoisotopic (exact) mass is 593 g/mol. The largest absolute Gasteiger partial charge is 0.493 e. The van der Waals surface area contributed by atoms with Gasteiger partial charge in [0.05, 0.1) is 29.2 Å². The van der Waals surface area contributed by atoms with E-state index in [1.54, 1.807) is 0 Å². The van der Waals surface area contributed by atoms with Gasteiger partial charge in [-0.1, -0.05) is 25.1 Å². The molecule has 0 saturated heterocycles. The van der Waals surface area contributed by atoms with Crippen LogP contribution in [0, 0.1) is 27.7 Å². The number of para-hydroxylation sites is 1. The fourth-order valence-electron chi connectivity index (χ4n) is 5.02. The average Bonchev–Trinajstić information content (AvgIpc) is 3.55. The summed E-state index contributed by atoms with van der Waals surface area (Å²) in [5.41, 5.74) is -1.46. The van der Waals surface area contributed by atoms with Crippen LogP contribution < -0.4 is 19.7 Å². The third kappa shape index (κ3) is 4.90. The lowest BCUT2D eigenvalue weighted by Gasteiger charge is -2.29. The molecular weight excluding hydrogens is 573 g/mol. The van der Waals surface area contributed by atoms with Crippen LogP contribution in [0.1, 0.15) is 30.0 Å². The van der Waals surface area contributed by atoms with E-state index in [2.05, 4.69) is 5.32 Å². The highest BCUT2D eigenvalue weighted by atomic mass is 19.4. The number of nitrogens with one attached hydrogen (secondary N) is 1. The number of anilines is 3. The van der Waals surface area contributed by atoms with Gasteiger partial charge in [0.2, 0.25) is 0 Å². The zero-order valence-electron chi connectivity index (χ0n) is 21.4. The molecule has 2 N–H and O–H groups in total. The van der Waals surface area contributed by atoms with Gasteiger partial charge in [-0.15, -0.1) is 0 Å². The molecule has 3 aromatic carbocycles. The number of nitro groups is 1. The predicted molar refractivity (Wildman–Crippen MR) is 136 cm³/mol. The number of carbonyl (C=O) groups excluding carboxylic acids is 1. The summed E-state index contributed by atoms with van der Waals surface area (Å²) in [6.07, 6.45) is -5.32. The van der Waals surface area contributed by atoms with Crippen molar-refractivity contribution in [3.8, 4) is 11.5 Å². The number of alkyl halides is 3. The number of benzene rings is 3. The smallest absolute Gasteiger partial charge is 0.471 e. The number of hydrogen-bond acceptors (Lipinski definition) is 7. The third-order valence-corrected chi connectivity index (χ3v) is 7.18. The molecule has 1 amide bonds. The van der Waals surface area contributed by atoms with Crippen molar-refractivity contribution in [2.24, 2.45) is 5.92 Å². The molecule has 0 radical (unpaired) electrons. The first-order valence-corrected chi connectivity index (χ1v) is 12.3. The topological polar surface area (TPSA) is 131 Å². The summed E-state index contributed by atoms with van der Waals surface area (Å²) in [5, 5.41) is 23.2. The first kappa shape index (κ1) is 28.6. The number of halogens is 5. The molecule has 2 heterocycles. The Hall–Kier alpha value is -4.95. The van der Waals surface area contributed by atoms with E-state index in [4.69, 9.17) is 9.47 Å². The molecule has 2 aliphatic rings. The van der Waals surface area contributed by atoms with E-state index in [0.717, 1.165) is 6.07 Å². The van der Waals surface area contributed by atoms with E-state index in [1.165, 1.54) is 43.3 Å². The lowest BCUT2D eigenvalue weighted by Crippen LogP contribution is -2.44. The van der Waals surface area contributed by atoms with E-state index in [1.807, 2.05) is 0 Å². The maximum Gasteiger partial charge on any atom is 0.471 e. The van der Waals surface area contributed by atoms with Crippen LogP contribution in [-0.4, -0.2) is 41.3 Å². The summed E-state index contributed by atoms with van der Waals surface area (Å²) in [6.45, 7) is 0.967. The molecule has 3 aromatic rings. The number of rotatable bonds is 7. The van der Waals surface area contributed by atoms with E-state index >= 15 is 0 Å². The molecule has 1 unspecified atom stereocenters. The van der Waals surface area contributed by atoms with Crippen LogP contribution in [-0.2, 0) is 9.59 Å². The van der Waals surface area contributed by atoms with E-state index in [0.29, 0.717) is 16.5 Å². The summed E-state index contributed by atoms with van der Waals surface area (Å²) >= 11 is 0. The number of carboxylic acid groups (broad SMARTS) is 1. The standard InChI is InChI=1S/C27H20F5N3O7/c1-12(25(36)37)16-10-41-21-9-13(5-6-14(16)21)34(26(38)27(30,31)32)20-11-42-24-15(20)3-2-4-18(24)33-23-19(35(39)40)8-7-17(28)22(23)29/h2-9,12,16,20,33H,10-11H2,1H3,(H,36,37)/t12?,16-,20+/m0/s1. The van der Waals surface area contributed by atoms with Crippen molar-refractivity contribution in [2.75, 3.05) is 23.4 Å². The zero-order valence-corrected chi connectivity index (χ0v) is 21.4. The number of ether oxygens (including phenoxy) is 2. The van der Waals surface area contributed by atoms with Crippen molar-refractivity contribution in [1.29, 1.82) is 0 Å². The maximum atomic E-state index is 14.5. The van der Waals surface area contributed by atoms with Crippen molar-refractivity contribution in [3.05, 3.63) is 81.4 Å². The first-order valence-electron chi connectivity index (χ1n) is 12.3. The SMILES string of the molecule is CC(C(=O)O)[C@@H]1COc2cc(N(C(=O)C(F)(F)F)[C@@H]3COc4c(Nc5c([N+](=O)[O-])ccc(F)c5F)cccc43)ccc21. The molecule has 0 bridgehead atoms. The number of amides is 1. The maximum absolute atomic E-state index is 14.5. The molecule has 10 nitrogen and oxygen atoms in total. The molecule has 0 aliphatic carbocycles. The second-order valence-corrected chi connectivity index (χ2v) is 9.63. The van der Waals surface area contributed by atoms with Gasteiger partial charge in [-0.05, 0) is 18.2 Å². The van der Waals surface area contributed by atoms with Gasteiger partial charge in [-0.3, -0.25) is 24.6 Å². The van der Waals surface area contributed by atoms with Gasteiger partial charge in [-0.2, -0.15) is 13.2 Å². The Labute approximate surface area is 233 Å². The molecular formula is C27H20F5N3O7. The summed E-state index contributed by atoms with van der Waals surface area (Å²) in [7, 11) is 0. The van der Waals surface area contributed by atoms with Gasteiger partial charge >= 0.3 is 18.1 Å². The number of carboxylic acids is 1. The Morgan fingerprint density at radius 2 is 1.83 bits per heavy atom. The highest BCUT2D eigenvalue weighted by Gasteiger charge is 2.48. The van der Waals surface area contributed by atoms with Crippen LogP contribution in [0.3, 0.4) is 0 Å². The summed E-state index contributed by atoms with van der Waals surface area (Å²) in [5.74, 6) is -7.67. The van der Waals surface area contributed by atoms with Gasteiger partial charge < -0.3 is 19.9 Å². The molecule has 2 aliphatic heterocycles. The zero-order chi connectivity index (χ0) is 30.5. The average molecular weight is 593 g/mol. The number of nitro benzene ring substituents is 1. The van der Waals surface area contributed by atoms with E-state index in [-0.39, 0.29) is 35.0 Å². The van der Waals surface area contributed by atoms with Crippen molar-refractivity contribution in [3.63, 3.8) is 0 Å². The molecule has 42 heavy (non-hydrogen) atoms. The van der Waals surface area contributed by atoms with Crippen molar-refractivity contribution in [2.45, 2.75) is 25.1 Å². The van der Waals surface area contributed by atoms with Crippen LogP contribution in [0.15, 0.2) is 48.5 Å². The molecule has 0 fully saturated rings. The predicted octanol–water partition coefficient (Wildman–Crippen LogP) is 5.84. The van der Waals surface area contributed by atoms with Gasteiger partial charge in [-0.25, -0.2) is 8.78 Å². The van der Waals surface area contributed by atoms with Crippen LogP contribution in [0.2, 0.25) is 0 Å². The molecule has 0 saturated carbocycles. The molecule has 5 rings (SSSR count). The normalized spacial score (nSPS) is 17.9. The highest BCUT2D eigenvalue weighted by Crippen LogP contribution is 2.47. The molecule has 0 spiro atoms. The Bertz CT molecular complexity index is 1610. The Morgan fingerprint density at radius 3 is 2.50 bits per heavy atom. The number of carbonyl (C=O) groups is 2. The minimum atomic E-state index is -5.32. The van der Waals surface area contributed by atoms with Crippen LogP contribution in [0.25, 0.3) is 0 Å². The van der Waals surface area contributed by atoms with E-state index in [9.17, 15) is 46.8 Å². The highest BCUT2D eigenvalue weighted by molar-refractivity contribution is 5.98. The van der Waals surface area contributed by atoms with Gasteiger partial charge in [0, 0.05) is 34.9 Å². The van der Waals surface area contributed by atoms with Crippen molar-refractivity contribution in [1.82, 2.24) is 0 Å². The molecule has 15 heteroatoms. The second-order valence-electron chi connectivity index (χ2n) is 9.63. The first-order chi connectivity index (χ1) is 19.8. The molecule has 0 aromatic heterocycles. The Morgan fingerprint density at radius 1 is 1.10 bits per heavy atom. The van der Waals surface area contributed by atoms with E-state index < -0.39 is 70.5 Å². The lowest BCUT2D eigenvalue weighted by atomic mass is 9.89. The number of hydrogen-bond donors (Lipinski definition) is 2. The molecule has 3 atom stereocenters. The minimum absolute atomic E-state index is 0.0212. The minimum Gasteiger partial charge on any atom is -0.493 e. The Balaban J connectivity index is 1.55. The lowest BCUT2D eigenvalue weighted by molar-refractivity contribution is -0.384. The summed E-state index contributed by atoms with van der Waals surface area (Å²) in [4.78, 5) is 35.1. The molecule has 220 valence electrons.